The van der Waals surface area contributed by atoms with Gasteiger partial charge in [0.1, 0.15) is 5.76 Å². The molecular weight excluding hydrogens is 192 g/mol. The number of nitrogens with zero attached hydrogens (tertiary/aromatic N) is 1. The van der Waals surface area contributed by atoms with E-state index in [0.29, 0.717) is 18.9 Å². The highest BCUT2D eigenvalue weighted by Crippen LogP contribution is 2.08. The van der Waals surface area contributed by atoms with Crippen molar-refractivity contribution in [2.75, 3.05) is 6.54 Å². The second-order valence-electron chi connectivity index (χ2n) is 4.49. The molecule has 0 saturated carbocycles. The molecular formula is C11H20N2O2. The van der Waals surface area contributed by atoms with Crippen molar-refractivity contribution in [2.45, 2.75) is 46.3 Å². The molecule has 2 N–H and O–H groups in total. The van der Waals surface area contributed by atoms with Crippen LogP contribution in [-0.4, -0.2) is 22.2 Å². The lowest BCUT2D eigenvalue weighted by Gasteiger charge is -2.16. The first-order valence-corrected chi connectivity index (χ1v) is 5.24. The van der Waals surface area contributed by atoms with Crippen LogP contribution in [0.1, 0.15) is 37.6 Å². The fraction of sp³-hybridized carbons (Fsp3) is 0.727. The van der Waals surface area contributed by atoms with Gasteiger partial charge in [0, 0.05) is 0 Å². The summed E-state index contributed by atoms with van der Waals surface area (Å²) in [4.78, 5) is 4.25. The van der Waals surface area contributed by atoms with E-state index >= 15 is 0 Å². The predicted molar refractivity (Wildman–Crippen MR) is 58.6 cm³/mol. The monoisotopic (exact) mass is 212 g/mol. The van der Waals surface area contributed by atoms with Crippen LogP contribution in [0.15, 0.2) is 4.42 Å². The van der Waals surface area contributed by atoms with Crippen LogP contribution in [0.25, 0.3) is 0 Å². The molecule has 0 spiro atoms. The molecule has 0 fully saturated rings. The third kappa shape index (κ3) is 4.44. The van der Waals surface area contributed by atoms with Crippen LogP contribution in [-0.2, 0) is 6.54 Å². The minimum absolute atomic E-state index is 0.616. The van der Waals surface area contributed by atoms with Crippen molar-refractivity contribution < 1.29 is 9.52 Å². The maximum atomic E-state index is 9.48. The van der Waals surface area contributed by atoms with Gasteiger partial charge in [-0.2, -0.15) is 0 Å². The summed E-state index contributed by atoms with van der Waals surface area (Å²) in [6, 6.07) is 0. The lowest BCUT2D eigenvalue weighted by molar-refractivity contribution is 0.0709. The summed E-state index contributed by atoms with van der Waals surface area (Å²) in [6.45, 7) is 8.80. The van der Waals surface area contributed by atoms with Crippen LogP contribution in [0.5, 0.6) is 0 Å². The van der Waals surface area contributed by atoms with Crippen LogP contribution >= 0.6 is 0 Å². The molecule has 86 valence electrons. The summed E-state index contributed by atoms with van der Waals surface area (Å²) in [5.74, 6) is 1.58. The summed E-state index contributed by atoms with van der Waals surface area (Å²) < 4.78 is 5.41. The average Bonchev–Trinajstić information content (AvgIpc) is 2.39. The Bertz CT molecular complexity index is 293. The maximum Gasteiger partial charge on any atom is 0.208 e. The number of hydrogen-bond acceptors (Lipinski definition) is 4. The molecule has 0 saturated heterocycles. The minimum Gasteiger partial charge on any atom is -0.444 e. The predicted octanol–water partition coefficient (Wildman–Crippen LogP) is 1.54. The molecule has 0 aliphatic heterocycles. The summed E-state index contributed by atoms with van der Waals surface area (Å²) in [6.07, 6.45) is 0.714. The number of rotatable bonds is 5. The SMILES string of the molecule is Cc1nc(CNCCC(C)(C)O)oc1C. The van der Waals surface area contributed by atoms with Gasteiger partial charge in [0.15, 0.2) is 0 Å². The highest BCUT2D eigenvalue weighted by Gasteiger charge is 2.11. The molecule has 1 aromatic rings. The first-order chi connectivity index (χ1) is 6.88. The van der Waals surface area contributed by atoms with E-state index in [9.17, 15) is 5.11 Å². The van der Waals surface area contributed by atoms with E-state index in [1.807, 2.05) is 13.8 Å². The van der Waals surface area contributed by atoms with Crippen molar-refractivity contribution in [3.8, 4) is 0 Å². The normalized spacial score (nSPS) is 12.1. The smallest absolute Gasteiger partial charge is 0.208 e. The molecule has 0 amide bonds. The van der Waals surface area contributed by atoms with E-state index in [2.05, 4.69) is 10.3 Å². The first kappa shape index (κ1) is 12.2. The van der Waals surface area contributed by atoms with E-state index in [0.717, 1.165) is 18.0 Å². The van der Waals surface area contributed by atoms with Gasteiger partial charge in [0.2, 0.25) is 5.89 Å². The van der Waals surface area contributed by atoms with Crippen LogP contribution in [0.3, 0.4) is 0 Å². The molecule has 4 nitrogen and oxygen atoms in total. The van der Waals surface area contributed by atoms with Gasteiger partial charge in [-0.1, -0.05) is 0 Å². The molecule has 0 bridgehead atoms. The summed E-state index contributed by atoms with van der Waals surface area (Å²) >= 11 is 0. The molecule has 0 aliphatic carbocycles. The Morgan fingerprint density at radius 3 is 2.53 bits per heavy atom. The van der Waals surface area contributed by atoms with Crippen molar-refractivity contribution >= 4 is 0 Å². The topological polar surface area (TPSA) is 58.3 Å². The van der Waals surface area contributed by atoms with Gasteiger partial charge in [0.05, 0.1) is 17.8 Å². The van der Waals surface area contributed by atoms with Crippen molar-refractivity contribution in [3.63, 3.8) is 0 Å². The van der Waals surface area contributed by atoms with Crippen LogP contribution < -0.4 is 5.32 Å². The summed E-state index contributed by atoms with van der Waals surface area (Å²) in [5.41, 5.74) is 0.324. The van der Waals surface area contributed by atoms with E-state index in [4.69, 9.17) is 4.42 Å². The summed E-state index contributed by atoms with van der Waals surface area (Å²) in [5, 5.41) is 12.7. The van der Waals surface area contributed by atoms with Crippen LogP contribution in [0.4, 0.5) is 0 Å². The quantitative estimate of drug-likeness (QED) is 0.727. The highest BCUT2D eigenvalue weighted by atomic mass is 16.4. The van der Waals surface area contributed by atoms with Crippen molar-refractivity contribution in [1.82, 2.24) is 10.3 Å². The third-order valence-corrected chi connectivity index (χ3v) is 2.26. The Hall–Kier alpha value is -0.870. The van der Waals surface area contributed by atoms with Crippen LogP contribution in [0, 0.1) is 13.8 Å². The number of hydrogen-bond donors (Lipinski definition) is 2. The molecule has 4 heteroatoms. The van der Waals surface area contributed by atoms with E-state index < -0.39 is 5.60 Å². The highest BCUT2D eigenvalue weighted by molar-refractivity contribution is 5.05. The molecule has 0 aromatic carbocycles. The van der Waals surface area contributed by atoms with E-state index in [1.165, 1.54) is 0 Å². The van der Waals surface area contributed by atoms with Crippen molar-refractivity contribution in [1.29, 1.82) is 0 Å². The number of aliphatic hydroxyl groups is 1. The van der Waals surface area contributed by atoms with Gasteiger partial charge in [-0.15, -0.1) is 0 Å². The zero-order chi connectivity index (χ0) is 11.5. The summed E-state index contributed by atoms with van der Waals surface area (Å²) in [7, 11) is 0. The minimum atomic E-state index is -0.616. The average molecular weight is 212 g/mol. The molecule has 0 aliphatic rings. The van der Waals surface area contributed by atoms with E-state index in [1.54, 1.807) is 13.8 Å². The van der Waals surface area contributed by atoms with Gasteiger partial charge in [-0.25, -0.2) is 4.98 Å². The second-order valence-corrected chi connectivity index (χ2v) is 4.49. The molecule has 1 heterocycles. The Labute approximate surface area is 90.7 Å². The molecule has 0 unspecified atom stereocenters. The Kier molecular flexibility index (Phi) is 3.88. The van der Waals surface area contributed by atoms with Gasteiger partial charge < -0.3 is 14.8 Å². The molecule has 1 rings (SSSR count). The molecule has 1 aromatic heterocycles. The van der Waals surface area contributed by atoms with Crippen LogP contribution in [0.2, 0.25) is 0 Å². The van der Waals surface area contributed by atoms with E-state index in [-0.39, 0.29) is 0 Å². The number of nitrogens with one attached hydrogen (secondary N) is 1. The van der Waals surface area contributed by atoms with Gasteiger partial charge in [-0.05, 0) is 40.7 Å². The Balaban J connectivity index is 2.26. The largest absolute Gasteiger partial charge is 0.444 e. The van der Waals surface area contributed by atoms with Gasteiger partial charge >= 0.3 is 0 Å². The molecule has 0 atom stereocenters. The molecule has 0 radical (unpaired) electrons. The zero-order valence-corrected chi connectivity index (χ0v) is 9.92. The zero-order valence-electron chi connectivity index (χ0n) is 9.92. The standard InChI is InChI=1S/C11H20N2O2/c1-8-9(2)15-10(13-8)7-12-6-5-11(3,4)14/h12,14H,5-7H2,1-4H3. The number of aryl methyl sites for hydroxylation is 2. The number of aromatic nitrogens is 1. The fourth-order valence-electron chi connectivity index (χ4n) is 1.20. The first-order valence-electron chi connectivity index (χ1n) is 5.24. The second kappa shape index (κ2) is 4.77. The lowest BCUT2D eigenvalue weighted by atomic mass is 10.1. The Morgan fingerprint density at radius 2 is 2.07 bits per heavy atom. The fourth-order valence-corrected chi connectivity index (χ4v) is 1.20. The van der Waals surface area contributed by atoms with Crippen molar-refractivity contribution in [3.05, 3.63) is 17.3 Å². The molecule has 15 heavy (non-hydrogen) atoms. The van der Waals surface area contributed by atoms with Crippen molar-refractivity contribution in [2.24, 2.45) is 0 Å². The van der Waals surface area contributed by atoms with Gasteiger partial charge in [0.25, 0.3) is 0 Å². The maximum absolute atomic E-state index is 9.48. The Morgan fingerprint density at radius 1 is 1.40 bits per heavy atom. The third-order valence-electron chi connectivity index (χ3n) is 2.26. The lowest BCUT2D eigenvalue weighted by Crippen LogP contribution is -2.26. The number of oxazole rings is 1. The van der Waals surface area contributed by atoms with Gasteiger partial charge in [-0.3, -0.25) is 0 Å².